The summed E-state index contributed by atoms with van der Waals surface area (Å²) in [5.41, 5.74) is 0.528. The molecule has 5 nitrogen and oxygen atoms in total. The second kappa shape index (κ2) is 4.41. The highest BCUT2D eigenvalue weighted by Gasteiger charge is 2.63. The summed E-state index contributed by atoms with van der Waals surface area (Å²) in [6, 6.07) is 9.91. The fourth-order valence-corrected chi connectivity index (χ4v) is 3.38. The minimum Gasteiger partial charge on any atom is -0.497 e. The van der Waals surface area contributed by atoms with E-state index in [2.05, 4.69) is 6.07 Å². The number of nitriles is 1. The minimum absolute atomic E-state index is 0.0753. The molecule has 1 saturated heterocycles. The van der Waals surface area contributed by atoms with E-state index in [1.807, 2.05) is 24.3 Å². The Morgan fingerprint density at radius 3 is 2.85 bits per heavy atom. The number of methoxy groups -OCH3 is 1. The summed E-state index contributed by atoms with van der Waals surface area (Å²) < 4.78 is 5.21. The summed E-state index contributed by atoms with van der Waals surface area (Å²) in [4.78, 5) is 12.9. The van der Waals surface area contributed by atoms with Crippen LogP contribution in [0.15, 0.2) is 24.3 Å². The summed E-state index contributed by atoms with van der Waals surface area (Å²) in [6.07, 6.45) is 0.656. The number of hydrogen-bond donors (Lipinski definition) is 1. The molecule has 1 aliphatic heterocycles. The smallest absolute Gasteiger partial charge is 0.407 e. The zero-order chi connectivity index (χ0) is 14.3. The summed E-state index contributed by atoms with van der Waals surface area (Å²) in [5.74, 6) is 0.386. The van der Waals surface area contributed by atoms with Gasteiger partial charge in [0.15, 0.2) is 0 Å². The Morgan fingerprint density at radius 1 is 1.55 bits per heavy atom. The van der Waals surface area contributed by atoms with Gasteiger partial charge in [-0.3, -0.25) is 0 Å². The Morgan fingerprint density at radius 2 is 2.30 bits per heavy atom. The van der Waals surface area contributed by atoms with E-state index < -0.39 is 11.6 Å². The number of benzene rings is 1. The van der Waals surface area contributed by atoms with Gasteiger partial charge < -0.3 is 14.7 Å². The normalized spacial score (nSPS) is 26.3. The van der Waals surface area contributed by atoms with E-state index in [-0.39, 0.29) is 11.8 Å². The van der Waals surface area contributed by atoms with Gasteiger partial charge in [0.2, 0.25) is 0 Å². The zero-order valence-electron chi connectivity index (χ0n) is 11.2. The molecule has 0 aromatic heterocycles. The fraction of sp³-hybridized carbons (Fsp3) is 0.467. The molecule has 1 amide bonds. The van der Waals surface area contributed by atoms with Gasteiger partial charge in [-0.05, 0) is 30.5 Å². The van der Waals surface area contributed by atoms with E-state index in [9.17, 15) is 15.2 Å². The maximum Gasteiger partial charge on any atom is 0.407 e. The van der Waals surface area contributed by atoms with Gasteiger partial charge >= 0.3 is 6.09 Å². The lowest BCUT2D eigenvalue weighted by Crippen LogP contribution is -2.38. The van der Waals surface area contributed by atoms with E-state index >= 15 is 0 Å². The highest BCUT2D eigenvalue weighted by atomic mass is 16.5. The number of carboxylic acid groups (broad SMARTS) is 1. The molecule has 1 aromatic rings. The lowest BCUT2D eigenvalue weighted by molar-refractivity contribution is 0.131. The Balaban J connectivity index is 1.97. The van der Waals surface area contributed by atoms with Crippen LogP contribution < -0.4 is 4.74 Å². The van der Waals surface area contributed by atoms with Gasteiger partial charge in [-0.2, -0.15) is 5.26 Å². The molecule has 3 rings (SSSR count). The van der Waals surface area contributed by atoms with Crippen molar-refractivity contribution in [1.82, 2.24) is 4.90 Å². The van der Waals surface area contributed by atoms with Gasteiger partial charge in [0, 0.05) is 12.5 Å². The van der Waals surface area contributed by atoms with Crippen molar-refractivity contribution < 1.29 is 14.6 Å². The van der Waals surface area contributed by atoms with E-state index in [1.54, 1.807) is 7.11 Å². The topological polar surface area (TPSA) is 73.6 Å². The third-order valence-corrected chi connectivity index (χ3v) is 4.55. The average molecular weight is 272 g/mol. The maximum atomic E-state index is 11.4. The summed E-state index contributed by atoms with van der Waals surface area (Å²) >= 11 is 0. The van der Waals surface area contributed by atoms with Crippen LogP contribution >= 0.6 is 0 Å². The SMILES string of the molecule is COc1cccc([C@H]2CN(C(=O)O)C3(CC3)[C@@H]2C#N)c1. The van der Waals surface area contributed by atoms with Crippen molar-refractivity contribution >= 4 is 6.09 Å². The molecule has 1 heterocycles. The van der Waals surface area contributed by atoms with Crippen LogP contribution in [-0.2, 0) is 0 Å². The Kier molecular flexibility index (Phi) is 2.82. The van der Waals surface area contributed by atoms with Crippen molar-refractivity contribution in [2.24, 2.45) is 5.92 Å². The molecule has 0 bridgehead atoms. The number of carbonyl (C=O) groups is 1. The monoisotopic (exact) mass is 272 g/mol. The standard InChI is InChI=1S/C15H16N2O3/c1-20-11-4-2-3-10(7-11)12-9-17(14(18)19)15(5-6-15)13(12)8-16/h2-4,7,12-13H,5-6,9H2,1H3,(H,18,19)/t12-,13-/m1/s1. The predicted molar refractivity (Wildman–Crippen MR) is 71.5 cm³/mol. The third-order valence-electron chi connectivity index (χ3n) is 4.55. The molecule has 104 valence electrons. The van der Waals surface area contributed by atoms with Crippen LogP contribution in [0.25, 0.3) is 0 Å². The van der Waals surface area contributed by atoms with Crippen LogP contribution in [0.4, 0.5) is 4.79 Å². The molecule has 5 heteroatoms. The van der Waals surface area contributed by atoms with Gasteiger partial charge in [0.25, 0.3) is 0 Å². The number of ether oxygens (including phenoxy) is 1. The van der Waals surface area contributed by atoms with E-state index in [0.29, 0.717) is 6.54 Å². The van der Waals surface area contributed by atoms with Crippen molar-refractivity contribution in [3.8, 4) is 11.8 Å². The molecule has 2 atom stereocenters. The van der Waals surface area contributed by atoms with Crippen molar-refractivity contribution in [2.75, 3.05) is 13.7 Å². The van der Waals surface area contributed by atoms with E-state index in [0.717, 1.165) is 24.2 Å². The molecular weight excluding hydrogens is 256 g/mol. The van der Waals surface area contributed by atoms with Gasteiger partial charge in [-0.15, -0.1) is 0 Å². The van der Waals surface area contributed by atoms with Crippen molar-refractivity contribution in [2.45, 2.75) is 24.3 Å². The summed E-state index contributed by atoms with van der Waals surface area (Å²) in [5, 5.41) is 18.9. The minimum atomic E-state index is -0.923. The number of nitrogens with zero attached hydrogens (tertiary/aromatic N) is 2. The second-order valence-electron chi connectivity index (χ2n) is 5.49. The average Bonchev–Trinajstić information content (AvgIpc) is 3.15. The number of likely N-dealkylation sites (tertiary alicyclic amines) is 1. The van der Waals surface area contributed by atoms with Crippen molar-refractivity contribution in [3.63, 3.8) is 0 Å². The second-order valence-corrected chi connectivity index (χ2v) is 5.49. The first-order valence-electron chi connectivity index (χ1n) is 6.66. The van der Waals surface area contributed by atoms with Crippen molar-refractivity contribution in [1.29, 1.82) is 5.26 Å². The lowest BCUT2D eigenvalue weighted by Gasteiger charge is -2.22. The number of rotatable bonds is 2. The van der Waals surface area contributed by atoms with E-state index in [1.165, 1.54) is 4.90 Å². The first-order chi connectivity index (χ1) is 9.62. The van der Waals surface area contributed by atoms with Gasteiger partial charge in [0.1, 0.15) is 5.75 Å². The van der Waals surface area contributed by atoms with Crippen LogP contribution in [0.2, 0.25) is 0 Å². The highest BCUT2D eigenvalue weighted by Crippen LogP contribution is 2.57. The molecule has 1 aromatic carbocycles. The van der Waals surface area contributed by atoms with Gasteiger partial charge in [-0.1, -0.05) is 12.1 Å². The molecule has 1 N–H and O–H groups in total. The molecule has 1 aliphatic carbocycles. The van der Waals surface area contributed by atoms with Crippen LogP contribution in [0.3, 0.4) is 0 Å². The van der Waals surface area contributed by atoms with Crippen LogP contribution in [0.5, 0.6) is 5.75 Å². The van der Waals surface area contributed by atoms with Crippen LogP contribution in [0.1, 0.15) is 24.3 Å². The Hall–Kier alpha value is -2.22. The first-order valence-corrected chi connectivity index (χ1v) is 6.66. The quantitative estimate of drug-likeness (QED) is 0.897. The largest absolute Gasteiger partial charge is 0.497 e. The molecule has 2 fully saturated rings. The zero-order valence-corrected chi connectivity index (χ0v) is 11.2. The molecule has 1 saturated carbocycles. The summed E-state index contributed by atoms with van der Waals surface area (Å²) in [7, 11) is 1.60. The lowest BCUT2D eigenvalue weighted by atomic mass is 9.85. The number of hydrogen-bond acceptors (Lipinski definition) is 3. The molecule has 0 radical (unpaired) electrons. The molecule has 1 spiro atoms. The predicted octanol–water partition coefficient (Wildman–Crippen LogP) is 2.44. The first kappa shape index (κ1) is 12.8. The van der Waals surface area contributed by atoms with Gasteiger partial charge in [0.05, 0.1) is 24.6 Å². The fourth-order valence-electron chi connectivity index (χ4n) is 3.38. The third kappa shape index (κ3) is 1.72. The Bertz CT molecular complexity index is 589. The van der Waals surface area contributed by atoms with Crippen LogP contribution in [-0.4, -0.2) is 35.3 Å². The van der Waals surface area contributed by atoms with Gasteiger partial charge in [-0.25, -0.2) is 4.79 Å². The number of amides is 1. The summed E-state index contributed by atoms with van der Waals surface area (Å²) in [6.45, 7) is 0.390. The van der Waals surface area contributed by atoms with Crippen molar-refractivity contribution in [3.05, 3.63) is 29.8 Å². The van der Waals surface area contributed by atoms with Crippen LogP contribution in [0, 0.1) is 17.2 Å². The molecular formula is C15H16N2O3. The van der Waals surface area contributed by atoms with E-state index in [4.69, 9.17) is 4.74 Å². The maximum absolute atomic E-state index is 11.4. The molecule has 2 aliphatic rings. The Labute approximate surface area is 117 Å². The molecule has 0 unspecified atom stereocenters. The highest BCUT2D eigenvalue weighted by molar-refractivity contribution is 5.68. The molecule has 20 heavy (non-hydrogen) atoms.